The third-order valence-corrected chi connectivity index (χ3v) is 2.39. The average Bonchev–Trinajstić information content (AvgIpc) is 2.31. The van der Waals surface area contributed by atoms with Crippen molar-refractivity contribution in [3.63, 3.8) is 0 Å². The van der Waals surface area contributed by atoms with Crippen molar-refractivity contribution in [3.8, 4) is 0 Å². The Hall–Kier alpha value is -0.240. The molecule has 0 heterocycles. The van der Waals surface area contributed by atoms with Crippen molar-refractivity contribution in [2.24, 2.45) is 0 Å². The van der Waals surface area contributed by atoms with Crippen LogP contribution in [0.15, 0.2) is 0 Å². The molecule has 16 heavy (non-hydrogen) atoms. The van der Waals surface area contributed by atoms with Gasteiger partial charge in [-0.2, -0.15) is 0 Å². The lowest BCUT2D eigenvalue weighted by Gasteiger charge is -2.25. The van der Waals surface area contributed by atoms with Crippen LogP contribution in [0.3, 0.4) is 0 Å². The molecule has 6 heteroatoms. The summed E-state index contributed by atoms with van der Waals surface area (Å²) in [6.45, 7) is 2.23. The normalized spacial score (nSPS) is 19.1. The van der Waals surface area contributed by atoms with Crippen molar-refractivity contribution in [2.45, 2.75) is 44.2 Å². The number of aliphatic hydroxyl groups is 5. The van der Waals surface area contributed by atoms with Crippen molar-refractivity contribution in [1.82, 2.24) is 5.32 Å². The highest BCUT2D eigenvalue weighted by Gasteiger charge is 2.29. The van der Waals surface area contributed by atoms with Gasteiger partial charge in [0.15, 0.2) is 0 Å². The Morgan fingerprint density at radius 3 is 2.06 bits per heavy atom. The summed E-state index contributed by atoms with van der Waals surface area (Å²) >= 11 is 0. The summed E-state index contributed by atoms with van der Waals surface area (Å²) in [7, 11) is 0. The third kappa shape index (κ3) is 5.74. The fraction of sp³-hybridized carbons (Fsp3) is 1.00. The molecule has 0 amide bonds. The zero-order chi connectivity index (χ0) is 12.6. The number of hydrogen-bond donors (Lipinski definition) is 6. The summed E-state index contributed by atoms with van der Waals surface area (Å²) in [6, 6.07) is 0. The lowest BCUT2D eigenvalue weighted by Crippen LogP contribution is -2.49. The lowest BCUT2D eigenvalue weighted by atomic mass is 10.0. The van der Waals surface area contributed by atoms with Gasteiger partial charge in [-0.05, 0) is 13.0 Å². The predicted molar refractivity (Wildman–Crippen MR) is 58.9 cm³/mol. The SMILES string of the molecule is CCCCNC[C@@H](O)[C@H](O)[C@H](O)[C@@H](O)CO. The molecule has 0 saturated heterocycles. The van der Waals surface area contributed by atoms with Gasteiger partial charge >= 0.3 is 0 Å². The minimum atomic E-state index is -1.55. The Kier molecular flexibility index (Phi) is 8.73. The van der Waals surface area contributed by atoms with Crippen LogP contribution in [0.1, 0.15) is 19.8 Å². The first-order valence-corrected chi connectivity index (χ1v) is 5.58. The smallest absolute Gasteiger partial charge is 0.111 e. The maximum absolute atomic E-state index is 9.47. The lowest BCUT2D eigenvalue weighted by molar-refractivity contribution is -0.113. The molecule has 0 saturated carbocycles. The van der Waals surface area contributed by atoms with Crippen LogP contribution in [0, 0.1) is 0 Å². The highest BCUT2D eigenvalue weighted by Crippen LogP contribution is 2.04. The maximum atomic E-state index is 9.47. The highest BCUT2D eigenvalue weighted by molar-refractivity contribution is 4.81. The largest absolute Gasteiger partial charge is 0.394 e. The number of nitrogens with one attached hydrogen (secondary N) is 1. The monoisotopic (exact) mass is 237 g/mol. The molecule has 0 aromatic rings. The van der Waals surface area contributed by atoms with E-state index in [1.165, 1.54) is 0 Å². The molecule has 0 aliphatic carbocycles. The first-order valence-electron chi connectivity index (χ1n) is 5.58. The predicted octanol–water partition coefficient (Wildman–Crippen LogP) is -2.19. The zero-order valence-corrected chi connectivity index (χ0v) is 9.58. The topological polar surface area (TPSA) is 113 Å². The van der Waals surface area contributed by atoms with E-state index in [4.69, 9.17) is 10.2 Å². The molecule has 6 nitrogen and oxygen atoms in total. The van der Waals surface area contributed by atoms with Crippen molar-refractivity contribution in [2.75, 3.05) is 19.7 Å². The Balaban J connectivity index is 3.83. The Bertz CT molecular complexity index is 169. The Morgan fingerprint density at radius 2 is 1.56 bits per heavy atom. The van der Waals surface area contributed by atoms with Gasteiger partial charge in [0, 0.05) is 6.54 Å². The molecule has 98 valence electrons. The van der Waals surface area contributed by atoms with Crippen LogP contribution in [0.2, 0.25) is 0 Å². The molecule has 4 atom stereocenters. The van der Waals surface area contributed by atoms with E-state index < -0.39 is 31.0 Å². The van der Waals surface area contributed by atoms with Gasteiger partial charge in [-0.1, -0.05) is 13.3 Å². The molecule has 0 unspecified atom stereocenters. The van der Waals surface area contributed by atoms with Gasteiger partial charge in [0.2, 0.25) is 0 Å². The van der Waals surface area contributed by atoms with E-state index in [0.29, 0.717) is 0 Å². The van der Waals surface area contributed by atoms with Crippen molar-refractivity contribution in [1.29, 1.82) is 0 Å². The Labute approximate surface area is 95.5 Å². The van der Waals surface area contributed by atoms with Crippen LogP contribution in [0.25, 0.3) is 0 Å². The third-order valence-electron chi connectivity index (χ3n) is 2.39. The van der Waals surface area contributed by atoms with Crippen LogP contribution in [-0.2, 0) is 0 Å². The minimum absolute atomic E-state index is 0.135. The standard InChI is InChI=1S/C10H23NO5/c1-2-3-4-11-5-7(13)9(15)10(16)8(14)6-12/h7-16H,2-6H2,1H3/t7-,8+,9+,10-/m1/s1. The summed E-state index contributed by atoms with van der Waals surface area (Å²) in [5, 5.41) is 48.8. The number of hydrogen-bond acceptors (Lipinski definition) is 6. The zero-order valence-electron chi connectivity index (χ0n) is 9.58. The van der Waals surface area contributed by atoms with E-state index in [9.17, 15) is 15.3 Å². The van der Waals surface area contributed by atoms with Crippen LogP contribution in [-0.4, -0.2) is 69.6 Å². The maximum Gasteiger partial charge on any atom is 0.111 e. The fourth-order valence-corrected chi connectivity index (χ4v) is 1.24. The minimum Gasteiger partial charge on any atom is -0.394 e. The first-order chi connectivity index (χ1) is 7.54. The van der Waals surface area contributed by atoms with Crippen LogP contribution >= 0.6 is 0 Å². The molecular formula is C10H23NO5. The number of aliphatic hydroxyl groups excluding tert-OH is 5. The number of unbranched alkanes of at least 4 members (excludes halogenated alkanes) is 1. The summed E-state index contributed by atoms with van der Waals surface area (Å²) in [6.07, 6.45) is -3.65. The second-order valence-corrected chi connectivity index (χ2v) is 3.86. The van der Waals surface area contributed by atoms with Gasteiger partial charge in [-0.3, -0.25) is 0 Å². The van der Waals surface area contributed by atoms with Gasteiger partial charge in [0.05, 0.1) is 12.7 Å². The molecule has 6 N–H and O–H groups in total. The highest BCUT2D eigenvalue weighted by atomic mass is 16.4. The molecular weight excluding hydrogens is 214 g/mol. The fourth-order valence-electron chi connectivity index (χ4n) is 1.24. The molecule has 0 radical (unpaired) electrons. The van der Waals surface area contributed by atoms with Crippen LogP contribution in [0.4, 0.5) is 0 Å². The van der Waals surface area contributed by atoms with Gasteiger partial charge < -0.3 is 30.8 Å². The molecule has 0 aliphatic rings. The number of rotatable bonds is 9. The van der Waals surface area contributed by atoms with Crippen molar-refractivity contribution >= 4 is 0 Å². The molecule has 0 aliphatic heterocycles. The van der Waals surface area contributed by atoms with E-state index >= 15 is 0 Å². The summed E-state index contributed by atoms with van der Waals surface area (Å²) in [5.74, 6) is 0. The second-order valence-electron chi connectivity index (χ2n) is 3.86. The quantitative estimate of drug-likeness (QED) is 0.254. The van der Waals surface area contributed by atoms with Gasteiger partial charge in [-0.15, -0.1) is 0 Å². The average molecular weight is 237 g/mol. The van der Waals surface area contributed by atoms with Crippen molar-refractivity contribution < 1.29 is 25.5 Å². The van der Waals surface area contributed by atoms with Crippen LogP contribution < -0.4 is 5.32 Å². The van der Waals surface area contributed by atoms with E-state index in [-0.39, 0.29) is 6.54 Å². The van der Waals surface area contributed by atoms with Gasteiger partial charge in [-0.25, -0.2) is 0 Å². The summed E-state index contributed by atoms with van der Waals surface area (Å²) < 4.78 is 0. The molecule has 0 rings (SSSR count). The van der Waals surface area contributed by atoms with E-state index in [0.717, 1.165) is 19.4 Å². The van der Waals surface area contributed by atoms with Gasteiger partial charge in [0.25, 0.3) is 0 Å². The molecule has 0 fully saturated rings. The molecule has 0 aromatic carbocycles. The van der Waals surface area contributed by atoms with Crippen LogP contribution in [0.5, 0.6) is 0 Å². The molecule has 0 spiro atoms. The molecule has 0 bridgehead atoms. The first kappa shape index (κ1) is 15.8. The Morgan fingerprint density at radius 1 is 1.00 bits per heavy atom. The van der Waals surface area contributed by atoms with E-state index in [1.54, 1.807) is 0 Å². The molecule has 0 aromatic heterocycles. The van der Waals surface area contributed by atoms with E-state index in [1.807, 2.05) is 6.92 Å². The summed E-state index contributed by atoms with van der Waals surface area (Å²) in [5.41, 5.74) is 0. The van der Waals surface area contributed by atoms with E-state index in [2.05, 4.69) is 5.32 Å². The van der Waals surface area contributed by atoms with Gasteiger partial charge in [0.1, 0.15) is 18.3 Å². The second kappa shape index (κ2) is 8.86. The summed E-state index contributed by atoms with van der Waals surface area (Å²) in [4.78, 5) is 0. The van der Waals surface area contributed by atoms with Crippen molar-refractivity contribution in [3.05, 3.63) is 0 Å².